The Bertz CT molecular complexity index is 534. The molecular weight excluding hydrogens is 248 g/mol. The van der Waals surface area contributed by atoms with E-state index >= 15 is 0 Å². The maximum Gasteiger partial charge on any atom is 0.354 e. The van der Waals surface area contributed by atoms with Crippen LogP contribution in [0, 0.1) is 0 Å². The van der Waals surface area contributed by atoms with Crippen molar-refractivity contribution in [2.24, 2.45) is 0 Å². The first kappa shape index (κ1) is 12.6. The van der Waals surface area contributed by atoms with Gasteiger partial charge in [0.2, 0.25) is 0 Å². The lowest BCUT2D eigenvalue weighted by molar-refractivity contribution is 0.0690. The van der Waals surface area contributed by atoms with Gasteiger partial charge in [0.05, 0.1) is 11.9 Å². The quantitative estimate of drug-likeness (QED) is 0.869. The number of hydrogen-bond acceptors (Lipinski definition) is 4. The summed E-state index contributed by atoms with van der Waals surface area (Å²) in [5.74, 6) is -1.01. The van der Waals surface area contributed by atoms with E-state index in [9.17, 15) is 4.79 Å². The summed E-state index contributed by atoms with van der Waals surface area (Å²) in [4.78, 5) is 15.8. The maximum atomic E-state index is 10.7. The number of aromatic carboxylic acids is 1. The molecule has 0 atom stereocenters. The zero-order valence-electron chi connectivity index (χ0n) is 10.0. The molecule has 0 radical (unpaired) electrons. The molecular formula is C13H14N2O2S. The summed E-state index contributed by atoms with van der Waals surface area (Å²) in [5, 5.41) is 14.1. The fourth-order valence-electron chi connectivity index (χ4n) is 1.64. The van der Waals surface area contributed by atoms with E-state index in [4.69, 9.17) is 5.11 Å². The van der Waals surface area contributed by atoms with Gasteiger partial charge in [0.25, 0.3) is 0 Å². The Morgan fingerprint density at radius 2 is 2.28 bits per heavy atom. The number of anilines is 1. The topological polar surface area (TPSA) is 62.2 Å². The predicted octanol–water partition coefficient (Wildman–Crippen LogP) is 3.02. The third-order valence-electron chi connectivity index (χ3n) is 2.65. The fourth-order valence-corrected chi connectivity index (χ4v) is 2.56. The zero-order valence-corrected chi connectivity index (χ0v) is 10.8. The Morgan fingerprint density at radius 3 is 2.89 bits per heavy atom. The van der Waals surface area contributed by atoms with Gasteiger partial charge in [-0.05, 0) is 35.6 Å². The Hall–Kier alpha value is -1.88. The Morgan fingerprint density at radius 1 is 1.44 bits per heavy atom. The van der Waals surface area contributed by atoms with Crippen LogP contribution in [0.4, 0.5) is 5.69 Å². The molecule has 4 nitrogen and oxygen atoms in total. The molecule has 0 aliphatic carbocycles. The van der Waals surface area contributed by atoms with Gasteiger partial charge in [-0.15, -0.1) is 11.3 Å². The molecule has 2 heterocycles. The van der Waals surface area contributed by atoms with Crippen molar-refractivity contribution in [2.75, 3.05) is 5.32 Å². The standard InChI is InChI=1S/C13H14N2O2S/c1-2-9-5-6-18-12(9)8-14-10-3-4-11(13(16)17)15-7-10/h3-7,14H,2,8H2,1H3,(H,16,17). The van der Waals surface area contributed by atoms with Crippen LogP contribution in [0.25, 0.3) is 0 Å². The van der Waals surface area contributed by atoms with Gasteiger partial charge in [-0.1, -0.05) is 6.92 Å². The summed E-state index contributed by atoms with van der Waals surface area (Å²) < 4.78 is 0. The molecule has 2 aromatic heterocycles. The molecule has 0 fully saturated rings. The number of aromatic nitrogens is 1. The second-order valence-electron chi connectivity index (χ2n) is 3.81. The van der Waals surface area contributed by atoms with Crippen LogP contribution in [0.1, 0.15) is 27.9 Å². The summed E-state index contributed by atoms with van der Waals surface area (Å²) in [6.07, 6.45) is 2.57. The number of thiophene rings is 1. The van der Waals surface area contributed by atoms with Crippen molar-refractivity contribution in [3.63, 3.8) is 0 Å². The number of rotatable bonds is 5. The smallest absolute Gasteiger partial charge is 0.354 e. The van der Waals surface area contributed by atoms with Crippen molar-refractivity contribution < 1.29 is 9.90 Å². The average Bonchev–Trinajstić information content (AvgIpc) is 2.84. The summed E-state index contributed by atoms with van der Waals surface area (Å²) in [6, 6.07) is 5.36. The number of carboxylic acids is 1. The van der Waals surface area contributed by atoms with Crippen molar-refractivity contribution >= 4 is 23.0 Å². The molecule has 5 heteroatoms. The fraction of sp³-hybridized carbons (Fsp3) is 0.231. The molecule has 94 valence electrons. The summed E-state index contributed by atoms with van der Waals surface area (Å²) in [7, 11) is 0. The van der Waals surface area contributed by atoms with Gasteiger partial charge in [0, 0.05) is 11.4 Å². The van der Waals surface area contributed by atoms with Crippen LogP contribution in [0.5, 0.6) is 0 Å². The van der Waals surface area contributed by atoms with E-state index in [1.54, 1.807) is 23.6 Å². The van der Waals surface area contributed by atoms with Gasteiger partial charge in [-0.25, -0.2) is 9.78 Å². The first-order chi connectivity index (χ1) is 8.70. The lowest BCUT2D eigenvalue weighted by atomic mass is 10.2. The van der Waals surface area contributed by atoms with Crippen molar-refractivity contribution in [1.82, 2.24) is 4.98 Å². The van der Waals surface area contributed by atoms with Gasteiger partial charge >= 0.3 is 5.97 Å². The molecule has 0 amide bonds. The van der Waals surface area contributed by atoms with Gasteiger partial charge in [0.15, 0.2) is 0 Å². The number of nitrogens with one attached hydrogen (secondary N) is 1. The van der Waals surface area contributed by atoms with Gasteiger partial charge in [0.1, 0.15) is 5.69 Å². The van der Waals surface area contributed by atoms with Crippen molar-refractivity contribution in [1.29, 1.82) is 0 Å². The molecule has 0 unspecified atom stereocenters. The summed E-state index contributed by atoms with van der Waals surface area (Å²) in [5.41, 5.74) is 2.24. The minimum Gasteiger partial charge on any atom is -0.477 e. The maximum absolute atomic E-state index is 10.7. The van der Waals surface area contributed by atoms with E-state index in [1.165, 1.54) is 16.5 Å². The van der Waals surface area contributed by atoms with E-state index in [0.717, 1.165) is 18.7 Å². The number of nitrogens with zero attached hydrogens (tertiary/aromatic N) is 1. The monoisotopic (exact) mass is 262 g/mol. The van der Waals surface area contributed by atoms with Gasteiger partial charge in [-0.3, -0.25) is 0 Å². The van der Waals surface area contributed by atoms with Crippen LogP contribution in [0.3, 0.4) is 0 Å². The highest BCUT2D eigenvalue weighted by molar-refractivity contribution is 7.10. The van der Waals surface area contributed by atoms with E-state index < -0.39 is 5.97 Å². The Balaban J connectivity index is 2.00. The van der Waals surface area contributed by atoms with Crippen LogP contribution in [0.15, 0.2) is 29.8 Å². The van der Waals surface area contributed by atoms with E-state index in [0.29, 0.717) is 0 Å². The van der Waals surface area contributed by atoms with Crippen LogP contribution in [0.2, 0.25) is 0 Å². The minimum absolute atomic E-state index is 0.0610. The molecule has 2 aromatic rings. The molecule has 0 bridgehead atoms. The average molecular weight is 262 g/mol. The van der Waals surface area contributed by atoms with Crippen LogP contribution < -0.4 is 5.32 Å². The van der Waals surface area contributed by atoms with Crippen LogP contribution in [-0.2, 0) is 13.0 Å². The highest BCUT2D eigenvalue weighted by Gasteiger charge is 2.05. The molecule has 0 saturated carbocycles. The molecule has 0 aliphatic heterocycles. The second kappa shape index (κ2) is 5.64. The Kier molecular flexibility index (Phi) is 3.94. The summed E-state index contributed by atoms with van der Waals surface area (Å²) >= 11 is 1.72. The normalized spacial score (nSPS) is 10.3. The molecule has 0 spiro atoms. The third kappa shape index (κ3) is 2.87. The Labute approximate surface area is 109 Å². The molecule has 0 saturated heterocycles. The van der Waals surface area contributed by atoms with Gasteiger partial charge in [-0.2, -0.15) is 0 Å². The van der Waals surface area contributed by atoms with E-state index in [1.807, 2.05) is 0 Å². The first-order valence-corrected chi connectivity index (χ1v) is 6.57. The number of carbonyl (C=O) groups is 1. The van der Waals surface area contributed by atoms with Crippen molar-refractivity contribution in [3.05, 3.63) is 45.9 Å². The number of carboxylic acid groups (broad SMARTS) is 1. The third-order valence-corrected chi connectivity index (χ3v) is 3.62. The molecule has 18 heavy (non-hydrogen) atoms. The van der Waals surface area contributed by atoms with Crippen molar-refractivity contribution in [3.8, 4) is 0 Å². The molecule has 2 N–H and O–H groups in total. The zero-order chi connectivity index (χ0) is 13.0. The molecule has 2 rings (SSSR count). The minimum atomic E-state index is -1.01. The predicted molar refractivity (Wildman–Crippen MR) is 72.2 cm³/mol. The van der Waals surface area contributed by atoms with E-state index in [-0.39, 0.29) is 5.69 Å². The highest BCUT2D eigenvalue weighted by atomic mass is 32.1. The molecule has 0 aliphatic rings. The van der Waals surface area contributed by atoms with Crippen molar-refractivity contribution in [2.45, 2.75) is 19.9 Å². The summed E-state index contributed by atoms with van der Waals surface area (Å²) in [6.45, 7) is 2.88. The second-order valence-corrected chi connectivity index (χ2v) is 4.81. The molecule has 0 aromatic carbocycles. The first-order valence-electron chi connectivity index (χ1n) is 5.69. The number of pyridine rings is 1. The lowest BCUT2D eigenvalue weighted by Gasteiger charge is -2.06. The SMILES string of the molecule is CCc1ccsc1CNc1ccc(C(=O)O)nc1. The van der Waals surface area contributed by atoms with E-state index in [2.05, 4.69) is 28.7 Å². The number of hydrogen-bond donors (Lipinski definition) is 2. The lowest BCUT2D eigenvalue weighted by Crippen LogP contribution is -2.03. The number of aryl methyl sites for hydroxylation is 1. The van der Waals surface area contributed by atoms with Crippen LogP contribution in [-0.4, -0.2) is 16.1 Å². The van der Waals surface area contributed by atoms with Crippen LogP contribution >= 0.6 is 11.3 Å². The largest absolute Gasteiger partial charge is 0.477 e. The van der Waals surface area contributed by atoms with Gasteiger partial charge < -0.3 is 10.4 Å². The highest BCUT2D eigenvalue weighted by Crippen LogP contribution is 2.19.